The van der Waals surface area contributed by atoms with Crippen LogP contribution in [0.25, 0.3) is 0 Å². The molecule has 0 radical (unpaired) electrons. The van der Waals surface area contributed by atoms with Gasteiger partial charge in [-0.25, -0.2) is 0 Å². The Labute approximate surface area is 111 Å². The van der Waals surface area contributed by atoms with Gasteiger partial charge in [-0.1, -0.05) is 6.92 Å². The number of phenolic OH excluding ortho intramolecular Hbond substituents is 2. The van der Waals surface area contributed by atoms with Gasteiger partial charge in [-0.05, 0) is 19.4 Å². The molecule has 0 bridgehead atoms. The van der Waals surface area contributed by atoms with E-state index in [1.54, 1.807) is 0 Å². The number of hydrogen-bond donors (Lipinski definition) is 3. The molecule has 0 aliphatic heterocycles. The van der Waals surface area contributed by atoms with Crippen LogP contribution in [0.3, 0.4) is 0 Å². The number of thioether (sulfide) groups is 1. The van der Waals surface area contributed by atoms with Crippen molar-refractivity contribution in [2.24, 2.45) is 0 Å². The van der Waals surface area contributed by atoms with Gasteiger partial charge in [0.05, 0.1) is 12.2 Å². The summed E-state index contributed by atoms with van der Waals surface area (Å²) in [7, 11) is 0. The summed E-state index contributed by atoms with van der Waals surface area (Å²) in [5.74, 6) is 0.102. The first-order valence-electron chi connectivity index (χ1n) is 5.80. The van der Waals surface area contributed by atoms with Gasteiger partial charge in [0.15, 0.2) is 5.78 Å². The number of hydrogen-bond acceptors (Lipinski definition) is 5. The maximum Gasteiger partial charge on any atom is 0.163 e. The van der Waals surface area contributed by atoms with E-state index in [1.165, 1.54) is 30.8 Å². The molecule has 1 unspecified atom stereocenters. The molecule has 0 saturated heterocycles. The second kappa shape index (κ2) is 6.66. The molecule has 0 aliphatic carbocycles. The fourth-order valence-corrected chi connectivity index (χ4v) is 2.75. The summed E-state index contributed by atoms with van der Waals surface area (Å²) < 4.78 is 0. The Morgan fingerprint density at radius 2 is 2.00 bits per heavy atom. The summed E-state index contributed by atoms with van der Waals surface area (Å²) in [5.41, 5.74) is 0.838. The first-order valence-corrected chi connectivity index (χ1v) is 6.85. The number of carbonyl (C=O) groups is 1. The largest absolute Gasteiger partial charge is 0.507 e. The van der Waals surface area contributed by atoms with Gasteiger partial charge >= 0.3 is 0 Å². The Kier molecular flexibility index (Phi) is 5.50. The third-order valence-electron chi connectivity index (χ3n) is 2.65. The number of aliphatic hydroxyl groups excluding tert-OH is 1. The van der Waals surface area contributed by atoms with Crippen LogP contribution in [0.5, 0.6) is 11.5 Å². The average Bonchev–Trinajstić information content (AvgIpc) is 2.31. The van der Waals surface area contributed by atoms with E-state index in [9.17, 15) is 15.0 Å². The van der Waals surface area contributed by atoms with Gasteiger partial charge in [-0.3, -0.25) is 4.79 Å². The molecule has 0 heterocycles. The lowest BCUT2D eigenvalue weighted by Crippen LogP contribution is -2.01. The Morgan fingerprint density at radius 3 is 2.50 bits per heavy atom. The molecule has 3 N–H and O–H groups in total. The van der Waals surface area contributed by atoms with E-state index in [4.69, 9.17) is 5.11 Å². The van der Waals surface area contributed by atoms with E-state index >= 15 is 0 Å². The average molecular weight is 270 g/mol. The van der Waals surface area contributed by atoms with Gasteiger partial charge in [0.25, 0.3) is 0 Å². The van der Waals surface area contributed by atoms with E-state index in [-0.39, 0.29) is 34.7 Å². The monoisotopic (exact) mass is 270 g/mol. The fourth-order valence-electron chi connectivity index (χ4n) is 1.76. The molecule has 1 atom stereocenters. The maximum atomic E-state index is 11.4. The van der Waals surface area contributed by atoms with E-state index in [0.29, 0.717) is 11.3 Å². The molecule has 0 aliphatic rings. The van der Waals surface area contributed by atoms with Gasteiger partial charge < -0.3 is 15.3 Å². The van der Waals surface area contributed by atoms with Crippen molar-refractivity contribution in [2.75, 3.05) is 12.4 Å². The summed E-state index contributed by atoms with van der Waals surface area (Å²) >= 11 is 1.51. The van der Waals surface area contributed by atoms with Crippen LogP contribution in [0.1, 0.15) is 41.4 Å². The summed E-state index contributed by atoms with van der Waals surface area (Å²) in [6.45, 7) is 3.41. The summed E-state index contributed by atoms with van der Waals surface area (Å²) in [4.78, 5) is 11.4. The van der Waals surface area contributed by atoms with Crippen LogP contribution >= 0.6 is 11.8 Å². The minimum atomic E-state index is -0.240. The first-order chi connectivity index (χ1) is 8.51. The van der Waals surface area contributed by atoms with Crippen LogP contribution in [-0.2, 0) is 0 Å². The zero-order valence-corrected chi connectivity index (χ0v) is 11.3. The highest BCUT2D eigenvalue weighted by atomic mass is 32.2. The molecule has 18 heavy (non-hydrogen) atoms. The van der Waals surface area contributed by atoms with Gasteiger partial charge in [0, 0.05) is 22.6 Å². The minimum Gasteiger partial charge on any atom is -0.507 e. The number of ketones is 1. The number of aliphatic hydroxyl groups is 1. The molecule has 0 amide bonds. The van der Waals surface area contributed by atoms with Crippen LogP contribution in [-0.4, -0.2) is 33.5 Å². The second-order valence-electron chi connectivity index (χ2n) is 3.98. The number of Topliss-reactive ketones (excluding diaryl/α,β-unsaturated/α-hetero) is 1. The zero-order valence-electron chi connectivity index (χ0n) is 10.5. The minimum absolute atomic E-state index is 0.00384. The number of rotatable bonds is 6. The van der Waals surface area contributed by atoms with Crippen molar-refractivity contribution in [3.05, 3.63) is 23.3 Å². The zero-order chi connectivity index (χ0) is 13.7. The van der Waals surface area contributed by atoms with Crippen molar-refractivity contribution in [3.8, 4) is 11.5 Å². The molecule has 1 aromatic carbocycles. The highest BCUT2D eigenvalue weighted by molar-refractivity contribution is 7.99. The van der Waals surface area contributed by atoms with Crippen molar-refractivity contribution in [1.82, 2.24) is 0 Å². The van der Waals surface area contributed by atoms with Crippen LogP contribution in [0.15, 0.2) is 12.1 Å². The third kappa shape index (κ3) is 3.40. The standard InChI is InChI=1S/C13H18O4S/c1-3-13(18-5-4-14)10-6-9(8(2)15)11(16)7-12(10)17/h6-7,13-14,16-17H,3-5H2,1-2H3. The Balaban J connectivity index is 3.13. The molecule has 0 saturated carbocycles. The Bertz CT molecular complexity index is 431. The lowest BCUT2D eigenvalue weighted by Gasteiger charge is -2.17. The normalized spacial score (nSPS) is 12.4. The highest BCUT2D eigenvalue weighted by Crippen LogP contribution is 2.39. The van der Waals surface area contributed by atoms with Crippen molar-refractivity contribution in [1.29, 1.82) is 0 Å². The van der Waals surface area contributed by atoms with Crippen molar-refractivity contribution < 1.29 is 20.1 Å². The molecule has 100 valence electrons. The molecule has 5 heteroatoms. The topological polar surface area (TPSA) is 77.8 Å². The second-order valence-corrected chi connectivity index (χ2v) is 5.29. The van der Waals surface area contributed by atoms with Crippen LogP contribution < -0.4 is 0 Å². The van der Waals surface area contributed by atoms with Crippen molar-refractivity contribution in [2.45, 2.75) is 25.5 Å². The summed E-state index contributed by atoms with van der Waals surface area (Å²) in [6, 6.07) is 2.74. The lowest BCUT2D eigenvalue weighted by molar-refractivity contribution is 0.101. The van der Waals surface area contributed by atoms with Crippen LogP contribution in [0.2, 0.25) is 0 Å². The van der Waals surface area contributed by atoms with Crippen LogP contribution in [0, 0.1) is 0 Å². The highest BCUT2D eigenvalue weighted by Gasteiger charge is 2.18. The molecule has 4 nitrogen and oxygen atoms in total. The Hall–Kier alpha value is -1.20. The van der Waals surface area contributed by atoms with Crippen molar-refractivity contribution >= 4 is 17.5 Å². The predicted molar refractivity (Wildman–Crippen MR) is 72.4 cm³/mol. The first kappa shape index (κ1) is 14.9. The Morgan fingerprint density at radius 1 is 1.33 bits per heavy atom. The number of aromatic hydroxyl groups is 2. The van der Waals surface area contributed by atoms with E-state index in [1.807, 2.05) is 6.92 Å². The molecule has 1 aromatic rings. The van der Waals surface area contributed by atoms with E-state index in [2.05, 4.69) is 0 Å². The molecule has 0 fully saturated rings. The number of phenols is 2. The number of carbonyl (C=O) groups excluding carboxylic acids is 1. The molecular formula is C13H18O4S. The van der Waals surface area contributed by atoms with Gasteiger partial charge in [-0.15, -0.1) is 0 Å². The van der Waals surface area contributed by atoms with E-state index in [0.717, 1.165) is 6.42 Å². The van der Waals surface area contributed by atoms with E-state index < -0.39 is 0 Å². The predicted octanol–water partition coefficient (Wildman–Crippen LogP) is 2.48. The summed E-state index contributed by atoms with van der Waals surface area (Å²) in [6.07, 6.45) is 0.764. The molecule has 0 spiro atoms. The van der Waals surface area contributed by atoms with Gasteiger partial charge in [0.1, 0.15) is 11.5 Å². The quantitative estimate of drug-likeness (QED) is 0.692. The molecular weight excluding hydrogens is 252 g/mol. The maximum absolute atomic E-state index is 11.4. The molecule has 1 rings (SSSR count). The van der Waals surface area contributed by atoms with Gasteiger partial charge in [-0.2, -0.15) is 11.8 Å². The van der Waals surface area contributed by atoms with Crippen molar-refractivity contribution in [3.63, 3.8) is 0 Å². The lowest BCUT2D eigenvalue weighted by atomic mass is 10.0. The summed E-state index contributed by atoms with van der Waals surface area (Å²) in [5, 5.41) is 28.3. The third-order valence-corrected chi connectivity index (χ3v) is 4.06. The van der Waals surface area contributed by atoms with Gasteiger partial charge in [0.2, 0.25) is 0 Å². The SMILES string of the molecule is CCC(SCCO)c1cc(C(C)=O)c(O)cc1O. The smallest absolute Gasteiger partial charge is 0.163 e. The fraction of sp³-hybridized carbons (Fsp3) is 0.462. The number of benzene rings is 1. The molecule has 0 aromatic heterocycles. The van der Waals surface area contributed by atoms with Crippen LogP contribution in [0.4, 0.5) is 0 Å².